The van der Waals surface area contributed by atoms with Crippen molar-refractivity contribution in [1.82, 2.24) is 4.98 Å². The van der Waals surface area contributed by atoms with E-state index in [0.717, 1.165) is 5.69 Å². The molecule has 0 atom stereocenters. The number of pyridine rings is 1. The Bertz CT molecular complexity index is 941. The molecule has 1 fully saturated rings. The second-order valence-electron chi connectivity index (χ2n) is 8.10. The van der Waals surface area contributed by atoms with Crippen molar-refractivity contribution in [3.63, 3.8) is 0 Å². The molecular weight excluding hydrogens is 379 g/mol. The summed E-state index contributed by atoms with van der Waals surface area (Å²) in [6, 6.07) is 8.99. The van der Waals surface area contributed by atoms with Gasteiger partial charge in [-0.3, -0.25) is 4.79 Å². The van der Waals surface area contributed by atoms with Crippen molar-refractivity contribution in [2.45, 2.75) is 43.4 Å². The van der Waals surface area contributed by atoms with Gasteiger partial charge in [-0.1, -0.05) is 0 Å². The number of benzene rings is 1. The summed E-state index contributed by atoms with van der Waals surface area (Å²) in [6.45, 7) is 6.33. The van der Waals surface area contributed by atoms with Crippen LogP contribution in [0.3, 0.4) is 0 Å². The molecule has 150 valence electrons. The zero-order valence-corrected chi connectivity index (χ0v) is 17.2. The number of carbonyl (C=O) groups is 1. The van der Waals surface area contributed by atoms with Crippen LogP contribution in [0.1, 0.15) is 44.0 Å². The van der Waals surface area contributed by atoms with E-state index in [4.69, 9.17) is 0 Å². The van der Waals surface area contributed by atoms with Gasteiger partial charge in [0.15, 0.2) is 20.6 Å². The molecule has 0 N–H and O–H groups in total. The molecule has 0 spiro atoms. The summed E-state index contributed by atoms with van der Waals surface area (Å²) in [5.41, 5.74) is 1.39. The molecule has 1 aliphatic rings. The van der Waals surface area contributed by atoms with Crippen LogP contribution >= 0.6 is 0 Å². The van der Waals surface area contributed by atoms with Crippen molar-refractivity contribution in [3.8, 4) is 0 Å². The predicted octanol–water partition coefficient (Wildman–Crippen LogP) is 3.89. The van der Waals surface area contributed by atoms with Gasteiger partial charge in [-0.2, -0.15) is 0 Å². The molecule has 3 rings (SSSR count). The summed E-state index contributed by atoms with van der Waals surface area (Å²) >= 11 is 0. The Hall–Kier alpha value is -2.28. The van der Waals surface area contributed by atoms with Crippen molar-refractivity contribution < 1.29 is 17.6 Å². The van der Waals surface area contributed by atoms with Gasteiger partial charge in [0.1, 0.15) is 5.82 Å². The summed E-state index contributed by atoms with van der Waals surface area (Å²) in [5.74, 6) is -0.393. The standard InChI is InChI=1S/C21H25FN2O3S/c1-21(2,3)28(26,27)19-9-8-18(14-23-19)24-12-10-16(11-13-24)20(25)15-4-6-17(22)7-5-15/h4-9,14,16H,10-13H2,1-3H3. The lowest BCUT2D eigenvalue weighted by atomic mass is 9.89. The molecule has 0 aliphatic carbocycles. The number of hydrogen-bond acceptors (Lipinski definition) is 5. The summed E-state index contributed by atoms with van der Waals surface area (Å²) in [4.78, 5) is 18.9. The van der Waals surface area contributed by atoms with Crippen LogP contribution in [-0.4, -0.2) is 37.0 Å². The largest absolute Gasteiger partial charge is 0.370 e. The average Bonchev–Trinajstić information content (AvgIpc) is 2.67. The van der Waals surface area contributed by atoms with Crippen LogP contribution in [0.2, 0.25) is 0 Å². The minimum atomic E-state index is -3.48. The molecule has 0 unspecified atom stereocenters. The Kier molecular flexibility index (Phi) is 5.57. The molecular formula is C21H25FN2O3S. The number of Topliss-reactive ketones (excluding diaryl/α,β-unsaturated/α-hetero) is 1. The monoisotopic (exact) mass is 404 g/mol. The van der Waals surface area contributed by atoms with Crippen molar-refractivity contribution in [2.75, 3.05) is 18.0 Å². The Labute approximate surface area is 165 Å². The maximum absolute atomic E-state index is 13.0. The van der Waals surface area contributed by atoms with Crippen molar-refractivity contribution in [3.05, 3.63) is 54.0 Å². The Morgan fingerprint density at radius 3 is 2.18 bits per heavy atom. The zero-order valence-electron chi connectivity index (χ0n) is 16.4. The van der Waals surface area contributed by atoms with Crippen LogP contribution in [0.15, 0.2) is 47.6 Å². The fraction of sp³-hybridized carbons (Fsp3) is 0.429. The number of aromatic nitrogens is 1. The quantitative estimate of drug-likeness (QED) is 0.723. The van der Waals surface area contributed by atoms with E-state index in [-0.39, 0.29) is 22.5 Å². The third-order valence-corrected chi connectivity index (χ3v) is 7.57. The molecule has 5 nitrogen and oxygen atoms in total. The molecule has 1 aliphatic heterocycles. The first-order valence-electron chi connectivity index (χ1n) is 9.35. The highest BCUT2D eigenvalue weighted by Gasteiger charge is 2.32. The first-order valence-corrected chi connectivity index (χ1v) is 10.8. The van der Waals surface area contributed by atoms with E-state index >= 15 is 0 Å². The number of hydrogen-bond donors (Lipinski definition) is 0. The molecule has 7 heteroatoms. The SMILES string of the molecule is CC(C)(C)S(=O)(=O)c1ccc(N2CCC(C(=O)c3ccc(F)cc3)CC2)cn1. The molecule has 28 heavy (non-hydrogen) atoms. The van der Waals surface area contributed by atoms with E-state index in [1.54, 1.807) is 39.1 Å². The summed E-state index contributed by atoms with van der Waals surface area (Å²) in [6.07, 6.45) is 2.97. The van der Waals surface area contributed by atoms with Crippen molar-refractivity contribution >= 4 is 21.3 Å². The number of carbonyl (C=O) groups excluding carboxylic acids is 1. The molecule has 0 amide bonds. The Morgan fingerprint density at radius 1 is 1.07 bits per heavy atom. The van der Waals surface area contributed by atoms with Crippen LogP contribution in [0.5, 0.6) is 0 Å². The van der Waals surface area contributed by atoms with E-state index in [0.29, 0.717) is 31.5 Å². The molecule has 0 bridgehead atoms. The highest BCUT2D eigenvalue weighted by Crippen LogP contribution is 2.28. The van der Waals surface area contributed by atoms with Crippen LogP contribution in [-0.2, 0) is 9.84 Å². The van der Waals surface area contributed by atoms with Gasteiger partial charge in [0.25, 0.3) is 0 Å². The molecule has 0 saturated carbocycles. The smallest absolute Gasteiger partial charge is 0.200 e. The van der Waals surface area contributed by atoms with Gasteiger partial charge in [-0.15, -0.1) is 0 Å². The van der Waals surface area contributed by atoms with Crippen LogP contribution < -0.4 is 4.90 Å². The van der Waals surface area contributed by atoms with Gasteiger partial charge >= 0.3 is 0 Å². The minimum Gasteiger partial charge on any atom is -0.370 e. The van der Waals surface area contributed by atoms with Crippen molar-refractivity contribution in [2.24, 2.45) is 5.92 Å². The highest BCUT2D eigenvalue weighted by molar-refractivity contribution is 7.92. The topological polar surface area (TPSA) is 67.3 Å². The number of rotatable bonds is 4. The van der Waals surface area contributed by atoms with Crippen molar-refractivity contribution in [1.29, 1.82) is 0 Å². The first-order chi connectivity index (χ1) is 13.1. The summed E-state index contributed by atoms with van der Waals surface area (Å²) in [7, 11) is -3.48. The Morgan fingerprint density at radius 2 is 1.68 bits per heavy atom. The molecule has 1 aromatic carbocycles. The number of halogens is 1. The Balaban J connectivity index is 1.65. The fourth-order valence-corrected chi connectivity index (χ4v) is 4.35. The van der Waals surface area contributed by atoms with E-state index in [1.165, 1.54) is 24.3 Å². The van der Waals surface area contributed by atoms with Gasteiger partial charge in [0.2, 0.25) is 0 Å². The highest BCUT2D eigenvalue weighted by atomic mass is 32.2. The summed E-state index contributed by atoms with van der Waals surface area (Å²) in [5, 5.41) is 0.0742. The maximum Gasteiger partial charge on any atom is 0.200 e. The molecule has 1 saturated heterocycles. The average molecular weight is 405 g/mol. The van der Waals surface area contributed by atoms with E-state index in [1.807, 2.05) is 0 Å². The minimum absolute atomic E-state index is 0.0457. The summed E-state index contributed by atoms with van der Waals surface area (Å²) < 4.78 is 37.1. The second kappa shape index (κ2) is 7.62. The normalized spacial score (nSPS) is 16.2. The van der Waals surface area contributed by atoms with E-state index in [9.17, 15) is 17.6 Å². The van der Waals surface area contributed by atoms with E-state index < -0.39 is 14.6 Å². The van der Waals surface area contributed by atoms with Crippen LogP contribution in [0.4, 0.5) is 10.1 Å². The van der Waals surface area contributed by atoms with Gasteiger partial charge in [0.05, 0.1) is 16.6 Å². The molecule has 1 aromatic heterocycles. The number of anilines is 1. The lowest BCUT2D eigenvalue weighted by Gasteiger charge is -2.33. The molecule has 2 heterocycles. The van der Waals surface area contributed by atoms with E-state index in [2.05, 4.69) is 9.88 Å². The molecule has 2 aromatic rings. The van der Waals surface area contributed by atoms with Crippen LogP contribution in [0, 0.1) is 11.7 Å². The fourth-order valence-electron chi connectivity index (χ4n) is 3.28. The third-order valence-electron chi connectivity index (χ3n) is 5.16. The first kappa shape index (κ1) is 20.5. The van der Waals surface area contributed by atoms with Gasteiger partial charge in [-0.25, -0.2) is 17.8 Å². The third kappa shape index (κ3) is 4.09. The second-order valence-corrected chi connectivity index (χ2v) is 10.8. The predicted molar refractivity (Wildman–Crippen MR) is 107 cm³/mol. The maximum atomic E-state index is 13.0. The number of piperidine rings is 1. The van der Waals surface area contributed by atoms with Gasteiger partial charge < -0.3 is 4.90 Å². The number of ketones is 1. The molecule has 0 radical (unpaired) electrons. The number of nitrogens with zero attached hydrogens (tertiary/aromatic N) is 2. The lowest BCUT2D eigenvalue weighted by Crippen LogP contribution is -2.36. The van der Waals surface area contributed by atoms with Crippen LogP contribution in [0.25, 0.3) is 0 Å². The van der Waals surface area contributed by atoms with Gasteiger partial charge in [-0.05, 0) is 70.0 Å². The zero-order chi connectivity index (χ0) is 20.5. The lowest BCUT2D eigenvalue weighted by molar-refractivity contribution is 0.0900. The number of sulfone groups is 1. The van der Waals surface area contributed by atoms with Gasteiger partial charge in [0, 0.05) is 24.6 Å².